The van der Waals surface area contributed by atoms with E-state index in [-0.39, 0.29) is 31.3 Å². The number of ether oxygens (including phenoxy) is 2. The molecule has 3 rings (SSSR count). The maximum Gasteiger partial charge on any atom is 0.315 e. The Hall–Kier alpha value is -2.44. The molecule has 130 valence electrons. The van der Waals surface area contributed by atoms with E-state index in [2.05, 4.69) is 16.0 Å². The smallest absolute Gasteiger partial charge is 0.315 e. The fourth-order valence-corrected chi connectivity index (χ4v) is 2.96. The summed E-state index contributed by atoms with van der Waals surface area (Å²) in [6, 6.07) is 5.48. The van der Waals surface area contributed by atoms with E-state index in [4.69, 9.17) is 9.47 Å². The van der Waals surface area contributed by atoms with Crippen LogP contribution in [0.25, 0.3) is 0 Å². The van der Waals surface area contributed by atoms with Crippen LogP contribution in [-0.2, 0) is 11.3 Å². The molecule has 3 N–H and O–H groups in total. The first-order valence-corrected chi connectivity index (χ1v) is 8.40. The summed E-state index contributed by atoms with van der Waals surface area (Å²) in [5.41, 5.74) is 0.916. The van der Waals surface area contributed by atoms with E-state index < -0.39 is 0 Å². The SMILES string of the molecule is O=C(CNC(=O)NC1CCCCC1)NCc1ccc2c(c1)OCO2. The molecule has 1 saturated carbocycles. The van der Waals surface area contributed by atoms with Crippen molar-refractivity contribution in [1.82, 2.24) is 16.0 Å². The fourth-order valence-electron chi connectivity index (χ4n) is 2.96. The van der Waals surface area contributed by atoms with Gasteiger partial charge in [0.25, 0.3) is 0 Å². The number of amides is 3. The highest BCUT2D eigenvalue weighted by atomic mass is 16.7. The van der Waals surface area contributed by atoms with Gasteiger partial charge in [-0.15, -0.1) is 0 Å². The van der Waals surface area contributed by atoms with Crippen LogP contribution in [0.5, 0.6) is 11.5 Å². The van der Waals surface area contributed by atoms with Gasteiger partial charge in [0.2, 0.25) is 12.7 Å². The number of hydrogen-bond acceptors (Lipinski definition) is 4. The maximum atomic E-state index is 11.8. The van der Waals surface area contributed by atoms with Gasteiger partial charge in [0.1, 0.15) is 0 Å². The van der Waals surface area contributed by atoms with E-state index >= 15 is 0 Å². The van der Waals surface area contributed by atoms with Crippen molar-refractivity contribution in [2.45, 2.75) is 44.7 Å². The van der Waals surface area contributed by atoms with Crippen molar-refractivity contribution < 1.29 is 19.1 Å². The zero-order chi connectivity index (χ0) is 16.8. The van der Waals surface area contributed by atoms with Gasteiger partial charge >= 0.3 is 6.03 Å². The summed E-state index contributed by atoms with van der Waals surface area (Å²) in [6.45, 7) is 0.565. The topological polar surface area (TPSA) is 88.7 Å². The number of urea groups is 1. The third kappa shape index (κ3) is 4.53. The van der Waals surface area contributed by atoms with Gasteiger partial charge in [0.05, 0.1) is 6.54 Å². The van der Waals surface area contributed by atoms with Gasteiger partial charge in [-0.05, 0) is 30.5 Å². The summed E-state index contributed by atoms with van der Waals surface area (Å²) < 4.78 is 10.5. The lowest BCUT2D eigenvalue weighted by molar-refractivity contribution is -0.120. The van der Waals surface area contributed by atoms with Gasteiger partial charge in [-0.3, -0.25) is 4.79 Å². The molecule has 1 aromatic carbocycles. The van der Waals surface area contributed by atoms with E-state index in [0.717, 1.165) is 31.2 Å². The van der Waals surface area contributed by atoms with Crippen LogP contribution in [0.4, 0.5) is 4.79 Å². The van der Waals surface area contributed by atoms with E-state index in [1.165, 1.54) is 6.42 Å². The average Bonchev–Trinajstić information content (AvgIpc) is 3.07. The molecule has 0 radical (unpaired) electrons. The number of fused-ring (bicyclic) bond motifs is 1. The first-order valence-electron chi connectivity index (χ1n) is 8.40. The molecule has 1 aromatic rings. The lowest BCUT2D eigenvalue weighted by Crippen LogP contribution is -2.46. The minimum atomic E-state index is -0.278. The molecule has 0 saturated heterocycles. The molecular weight excluding hydrogens is 310 g/mol. The molecule has 7 nitrogen and oxygen atoms in total. The van der Waals surface area contributed by atoms with Crippen molar-refractivity contribution in [1.29, 1.82) is 0 Å². The second-order valence-corrected chi connectivity index (χ2v) is 6.13. The molecule has 0 unspecified atom stereocenters. The zero-order valence-corrected chi connectivity index (χ0v) is 13.6. The average molecular weight is 333 g/mol. The van der Waals surface area contributed by atoms with Crippen LogP contribution in [0.1, 0.15) is 37.7 Å². The highest BCUT2D eigenvalue weighted by molar-refractivity contribution is 5.83. The van der Waals surface area contributed by atoms with Gasteiger partial charge in [0, 0.05) is 12.6 Å². The first-order chi connectivity index (χ1) is 11.7. The van der Waals surface area contributed by atoms with E-state index in [1.54, 1.807) is 0 Å². The molecule has 0 atom stereocenters. The highest BCUT2D eigenvalue weighted by Gasteiger charge is 2.16. The summed E-state index contributed by atoms with van der Waals surface area (Å²) in [4.78, 5) is 23.6. The first kappa shape index (κ1) is 16.4. The molecule has 2 aliphatic rings. The Balaban J connectivity index is 1.35. The van der Waals surface area contributed by atoms with Crippen molar-refractivity contribution in [3.8, 4) is 11.5 Å². The minimum Gasteiger partial charge on any atom is -0.454 e. The maximum absolute atomic E-state index is 11.8. The number of rotatable bonds is 5. The Morgan fingerprint density at radius 3 is 2.67 bits per heavy atom. The van der Waals surface area contributed by atoms with Crippen molar-refractivity contribution in [3.05, 3.63) is 23.8 Å². The quantitative estimate of drug-likeness (QED) is 0.765. The summed E-state index contributed by atoms with van der Waals surface area (Å²) >= 11 is 0. The van der Waals surface area contributed by atoms with Crippen LogP contribution in [0, 0.1) is 0 Å². The Kier molecular flexibility index (Phi) is 5.40. The molecule has 24 heavy (non-hydrogen) atoms. The van der Waals surface area contributed by atoms with E-state index in [9.17, 15) is 9.59 Å². The van der Waals surface area contributed by atoms with Crippen LogP contribution in [0.2, 0.25) is 0 Å². The third-order valence-corrected chi connectivity index (χ3v) is 4.28. The predicted molar refractivity (Wildman–Crippen MR) is 87.8 cm³/mol. The van der Waals surface area contributed by atoms with Gasteiger partial charge in [-0.2, -0.15) is 0 Å². The number of carbonyl (C=O) groups is 2. The molecule has 0 spiro atoms. The second-order valence-electron chi connectivity index (χ2n) is 6.13. The molecule has 1 aliphatic carbocycles. The number of nitrogens with one attached hydrogen (secondary N) is 3. The van der Waals surface area contributed by atoms with Crippen molar-refractivity contribution in [2.24, 2.45) is 0 Å². The monoisotopic (exact) mass is 333 g/mol. The number of carbonyl (C=O) groups excluding carboxylic acids is 2. The largest absolute Gasteiger partial charge is 0.454 e. The Morgan fingerprint density at radius 1 is 1.04 bits per heavy atom. The molecule has 1 heterocycles. The predicted octanol–water partition coefficient (Wildman–Crippen LogP) is 1.66. The van der Waals surface area contributed by atoms with Gasteiger partial charge in [-0.25, -0.2) is 4.79 Å². The summed E-state index contributed by atoms with van der Waals surface area (Å²) in [6.07, 6.45) is 5.58. The summed E-state index contributed by atoms with van der Waals surface area (Å²) in [7, 11) is 0. The second kappa shape index (κ2) is 7.90. The number of benzene rings is 1. The molecule has 7 heteroatoms. The summed E-state index contributed by atoms with van der Waals surface area (Å²) in [5, 5.41) is 8.29. The Labute approximate surface area is 141 Å². The van der Waals surface area contributed by atoms with Gasteiger partial charge in [-0.1, -0.05) is 25.3 Å². The zero-order valence-electron chi connectivity index (χ0n) is 13.6. The van der Waals surface area contributed by atoms with E-state index in [0.29, 0.717) is 18.0 Å². The molecule has 1 fully saturated rings. The minimum absolute atomic E-state index is 0.0386. The summed E-state index contributed by atoms with van der Waals surface area (Å²) in [5.74, 6) is 1.17. The van der Waals surface area contributed by atoms with Crippen LogP contribution in [-0.4, -0.2) is 31.3 Å². The normalized spacial score (nSPS) is 16.5. The van der Waals surface area contributed by atoms with Crippen molar-refractivity contribution in [3.63, 3.8) is 0 Å². The molecule has 1 aliphatic heterocycles. The molecule has 0 aromatic heterocycles. The molecule has 3 amide bonds. The van der Waals surface area contributed by atoms with Crippen molar-refractivity contribution >= 4 is 11.9 Å². The van der Waals surface area contributed by atoms with Crippen molar-refractivity contribution in [2.75, 3.05) is 13.3 Å². The third-order valence-electron chi connectivity index (χ3n) is 4.28. The van der Waals surface area contributed by atoms with Gasteiger partial charge < -0.3 is 25.4 Å². The van der Waals surface area contributed by atoms with Gasteiger partial charge in [0.15, 0.2) is 11.5 Å². The fraction of sp³-hybridized carbons (Fsp3) is 0.529. The molecular formula is C17H23N3O4. The van der Waals surface area contributed by atoms with E-state index in [1.807, 2.05) is 18.2 Å². The van der Waals surface area contributed by atoms with Crippen LogP contribution < -0.4 is 25.4 Å². The Morgan fingerprint density at radius 2 is 1.83 bits per heavy atom. The Bertz CT molecular complexity index is 599. The lowest BCUT2D eigenvalue weighted by atomic mass is 9.96. The standard InChI is InChI=1S/C17H23N3O4/c21-16(10-19-17(22)20-13-4-2-1-3-5-13)18-9-12-6-7-14-15(8-12)24-11-23-14/h6-8,13H,1-5,9-11H2,(H,18,21)(H2,19,20,22). The molecule has 0 bridgehead atoms. The van der Waals surface area contributed by atoms with Crippen LogP contribution in [0.15, 0.2) is 18.2 Å². The highest BCUT2D eigenvalue weighted by Crippen LogP contribution is 2.32. The number of hydrogen-bond donors (Lipinski definition) is 3. The van der Waals surface area contributed by atoms with Crippen LogP contribution >= 0.6 is 0 Å². The lowest BCUT2D eigenvalue weighted by Gasteiger charge is -2.22. The van der Waals surface area contributed by atoms with Crippen LogP contribution in [0.3, 0.4) is 0 Å².